The van der Waals surface area contributed by atoms with Gasteiger partial charge in [0.05, 0.1) is 0 Å². The highest BCUT2D eigenvalue weighted by Gasteiger charge is 2.25. The number of hydrogen-bond acceptors (Lipinski definition) is 4. The predicted octanol–water partition coefficient (Wildman–Crippen LogP) is 3.80. The van der Waals surface area contributed by atoms with Crippen LogP contribution in [0.3, 0.4) is 0 Å². The predicted molar refractivity (Wildman–Crippen MR) is 92.6 cm³/mol. The zero-order valence-corrected chi connectivity index (χ0v) is 14.7. The van der Waals surface area contributed by atoms with Gasteiger partial charge < -0.3 is 9.42 Å². The van der Waals surface area contributed by atoms with Crippen molar-refractivity contribution in [1.82, 2.24) is 15.0 Å². The van der Waals surface area contributed by atoms with Crippen LogP contribution in [-0.2, 0) is 11.2 Å². The number of benzene rings is 1. The Morgan fingerprint density at radius 2 is 2.08 bits per heavy atom. The van der Waals surface area contributed by atoms with Gasteiger partial charge in [0.25, 0.3) is 0 Å². The van der Waals surface area contributed by atoms with Gasteiger partial charge >= 0.3 is 0 Å². The molecule has 5 nitrogen and oxygen atoms in total. The monoisotopic (exact) mass is 327 g/mol. The Hall–Kier alpha value is -2.17. The summed E-state index contributed by atoms with van der Waals surface area (Å²) < 4.78 is 5.30. The van der Waals surface area contributed by atoms with Gasteiger partial charge in [-0.25, -0.2) is 0 Å². The first kappa shape index (κ1) is 16.7. The smallest absolute Gasteiger partial charge is 0.227 e. The lowest BCUT2D eigenvalue weighted by Gasteiger charge is -2.20. The van der Waals surface area contributed by atoms with E-state index in [1.807, 2.05) is 17.0 Å². The van der Waals surface area contributed by atoms with Gasteiger partial charge in [-0.2, -0.15) is 4.98 Å². The molecule has 1 aromatic carbocycles. The first-order valence-electron chi connectivity index (χ1n) is 8.77. The summed E-state index contributed by atoms with van der Waals surface area (Å²) in [6, 6.07) is 8.57. The summed E-state index contributed by atoms with van der Waals surface area (Å²) in [5, 5.41) is 4.04. The molecule has 1 fully saturated rings. The molecule has 1 aromatic heterocycles. The molecule has 0 saturated carbocycles. The first-order chi connectivity index (χ1) is 11.5. The second-order valence-electron chi connectivity index (χ2n) is 6.87. The highest BCUT2D eigenvalue weighted by Crippen LogP contribution is 2.21. The maximum atomic E-state index is 12.2. The van der Waals surface area contributed by atoms with Gasteiger partial charge in [0, 0.05) is 31.0 Å². The van der Waals surface area contributed by atoms with Crippen LogP contribution in [0.1, 0.15) is 57.4 Å². The van der Waals surface area contributed by atoms with E-state index < -0.39 is 0 Å². The normalized spacial score (nSPS) is 17.7. The molecule has 1 saturated heterocycles. The minimum absolute atomic E-state index is 0.182. The molecule has 3 rings (SSSR count). The summed E-state index contributed by atoms with van der Waals surface area (Å²) in [4.78, 5) is 18.6. The summed E-state index contributed by atoms with van der Waals surface area (Å²) in [6.45, 7) is 7.31. The van der Waals surface area contributed by atoms with E-state index in [4.69, 9.17) is 4.52 Å². The van der Waals surface area contributed by atoms with E-state index in [1.54, 1.807) is 0 Å². The van der Waals surface area contributed by atoms with Gasteiger partial charge in [0.2, 0.25) is 17.6 Å². The molecule has 5 heteroatoms. The highest BCUT2D eigenvalue weighted by molar-refractivity contribution is 5.77. The Bertz CT molecular complexity index is 691. The lowest BCUT2D eigenvalue weighted by atomic mass is 10.0. The molecule has 0 radical (unpaired) electrons. The van der Waals surface area contributed by atoms with Crippen molar-refractivity contribution in [3.05, 3.63) is 35.7 Å². The van der Waals surface area contributed by atoms with E-state index in [0.717, 1.165) is 24.9 Å². The molecule has 1 aliphatic heterocycles. The van der Waals surface area contributed by atoms with Crippen LogP contribution in [0.25, 0.3) is 11.4 Å². The SMILES string of the molecule is CC(C)c1ccc(-c2noc(CCC(=O)N3CCC[C@H]3C)n2)cc1. The van der Waals surface area contributed by atoms with Crippen molar-refractivity contribution < 1.29 is 9.32 Å². The molecule has 1 atom stereocenters. The lowest BCUT2D eigenvalue weighted by molar-refractivity contribution is -0.131. The van der Waals surface area contributed by atoms with E-state index >= 15 is 0 Å². The number of hydrogen-bond donors (Lipinski definition) is 0. The highest BCUT2D eigenvalue weighted by atomic mass is 16.5. The molecule has 1 amide bonds. The van der Waals surface area contributed by atoms with E-state index in [1.165, 1.54) is 5.56 Å². The van der Waals surface area contributed by atoms with Crippen molar-refractivity contribution in [3.8, 4) is 11.4 Å². The second kappa shape index (κ2) is 7.16. The van der Waals surface area contributed by atoms with Gasteiger partial charge in [-0.15, -0.1) is 0 Å². The maximum absolute atomic E-state index is 12.2. The molecule has 0 N–H and O–H groups in total. The number of carbonyl (C=O) groups is 1. The van der Waals surface area contributed by atoms with Crippen molar-refractivity contribution in [3.63, 3.8) is 0 Å². The van der Waals surface area contributed by atoms with Crippen LogP contribution in [0.4, 0.5) is 0 Å². The third-order valence-corrected chi connectivity index (χ3v) is 4.73. The molecule has 0 aliphatic carbocycles. The average Bonchev–Trinajstić information content (AvgIpc) is 3.21. The molecule has 24 heavy (non-hydrogen) atoms. The molecule has 128 valence electrons. The Labute approximate surface area is 143 Å². The van der Waals surface area contributed by atoms with Crippen LogP contribution >= 0.6 is 0 Å². The molecular weight excluding hydrogens is 302 g/mol. The molecule has 2 aromatic rings. The Morgan fingerprint density at radius 3 is 2.71 bits per heavy atom. The van der Waals surface area contributed by atoms with Crippen molar-refractivity contribution in [1.29, 1.82) is 0 Å². The Morgan fingerprint density at radius 1 is 1.33 bits per heavy atom. The number of likely N-dealkylation sites (tertiary alicyclic amines) is 1. The van der Waals surface area contributed by atoms with Crippen LogP contribution in [0.15, 0.2) is 28.8 Å². The quantitative estimate of drug-likeness (QED) is 0.838. The number of aryl methyl sites for hydroxylation is 1. The number of carbonyl (C=O) groups excluding carboxylic acids is 1. The summed E-state index contributed by atoms with van der Waals surface area (Å²) in [7, 11) is 0. The average molecular weight is 327 g/mol. The van der Waals surface area contributed by atoms with Crippen molar-refractivity contribution in [2.45, 2.75) is 58.4 Å². The fourth-order valence-corrected chi connectivity index (χ4v) is 3.15. The maximum Gasteiger partial charge on any atom is 0.227 e. The van der Waals surface area contributed by atoms with Gasteiger partial charge in [0.1, 0.15) is 0 Å². The number of amides is 1. The topological polar surface area (TPSA) is 59.2 Å². The van der Waals surface area contributed by atoms with Crippen LogP contribution in [0, 0.1) is 0 Å². The molecule has 2 heterocycles. The molecule has 0 unspecified atom stereocenters. The zero-order valence-electron chi connectivity index (χ0n) is 14.7. The largest absolute Gasteiger partial charge is 0.340 e. The van der Waals surface area contributed by atoms with E-state index in [2.05, 4.69) is 43.0 Å². The van der Waals surface area contributed by atoms with E-state index in [-0.39, 0.29) is 5.91 Å². The second-order valence-corrected chi connectivity index (χ2v) is 6.87. The summed E-state index contributed by atoms with van der Waals surface area (Å²) >= 11 is 0. The molecule has 0 bridgehead atoms. The standard InChI is InChI=1S/C19H25N3O2/c1-13(2)15-6-8-16(9-7-15)19-20-17(24-21-19)10-11-18(23)22-12-4-5-14(22)3/h6-9,13-14H,4-5,10-12H2,1-3H3/t14-/m1/s1. The summed E-state index contributed by atoms with van der Waals surface area (Å²) in [5.41, 5.74) is 2.22. The first-order valence-corrected chi connectivity index (χ1v) is 8.77. The summed E-state index contributed by atoms with van der Waals surface area (Å²) in [5.74, 6) is 1.79. The van der Waals surface area contributed by atoms with Crippen LogP contribution < -0.4 is 0 Å². The fraction of sp³-hybridized carbons (Fsp3) is 0.526. The minimum atomic E-state index is 0.182. The number of nitrogens with zero attached hydrogens (tertiary/aromatic N) is 3. The van der Waals surface area contributed by atoms with E-state index in [9.17, 15) is 4.79 Å². The lowest BCUT2D eigenvalue weighted by Crippen LogP contribution is -2.33. The third-order valence-electron chi connectivity index (χ3n) is 4.73. The minimum Gasteiger partial charge on any atom is -0.340 e. The van der Waals surface area contributed by atoms with Crippen LogP contribution in [0.5, 0.6) is 0 Å². The third kappa shape index (κ3) is 3.66. The zero-order chi connectivity index (χ0) is 17.1. The Kier molecular flexibility index (Phi) is 4.97. The Balaban J connectivity index is 1.60. The van der Waals surface area contributed by atoms with Crippen molar-refractivity contribution >= 4 is 5.91 Å². The van der Waals surface area contributed by atoms with E-state index in [0.29, 0.717) is 36.5 Å². The van der Waals surface area contributed by atoms with Crippen molar-refractivity contribution in [2.75, 3.05) is 6.54 Å². The van der Waals surface area contributed by atoms with Gasteiger partial charge in [0.15, 0.2) is 0 Å². The fourth-order valence-electron chi connectivity index (χ4n) is 3.15. The summed E-state index contributed by atoms with van der Waals surface area (Å²) in [6.07, 6.45) is 3.13. The van der Waals surface area contributed by atoms with Gasteiger partial charge in [-0.3, -0.25) is 4.79 Å². The van der Waals surface area contributed by atoms with Gasteiger partial charge in [-0.05, 0) is 31.2 Å². The molecule has 1 aliphatic rings. The van der Waals surface area contributed by atoms with Crippen LogP contribution in [0.2, 0.25) is 0 Å². The number of aromatic nitrogens is 2. The van der Waals surface area contributed by atoms with Gasteiger partial charge in [-0.1, -0.05) is 43.3 Å². The molecular formula is C19H25N3O2. The number of rotatable bonds is 5. The van der Waals surface area contributed by atoms with Crippen molar-refractivity contribution in [2.24, 2.45) is 0 Å². The molecule has 0 spiro atoms. The van der Waals surface area contributed by atoms with Crippen LogP contribution in [-0.4, -0.2) is 33.5 Å².